The second kappa shape index (κ2) is 7.36. The molecule has 0 spiro atoms. The molecule has 0 N–H and O–H groups in total. The van der Waals surface area contributed by atoms with E-state index in [0.717, 1.165) is 5.56 Å². The number of carbonyl (C=O) groups excluding carboxylic acids is 1. The van der Waals surface area contributed by atoms with E-state index in [4.69, 9.17) is 16.9 Å². The minimum atomic E-state index is -0.182. The van der Waals surface area contributed by atoms with Crippen molar-refractivity contribution in [2.24, 2.45) is 0 Å². The van der Waals surface area contributed by atoms with Crippen LogP contribution in [0, 0.1) is 11.3 Å². The van der Waals surface area contributed by atoms with E-state index in [9.17, 15) is 4.79 Å². The van der Waals surface area contributed by atoms with Crippen molar-refractivity contribution in [1.82, 2.24) is 14.9 Å². The fourth-order valence-electron chi connectivity index (χ4n) is 1.87. The van der Waals surface area contributed by atoms with Gasteiger partial charge in [-0.1, -0.05) is 17.7 Å². The van der Waals surface area contributed by atoms with Gasteiger partial charge in [0.1, 0.15) is 5.15 Å². The third-order valence-electron chi connectivity index (χ3n) is 2.85. The first-order chi connectivity index (χ1) is 10.2. The van der Waals surface area contributed by atoms with Crippen molar-refractivity contribution >= 4 is 17.5 Å². The molecule has 21 heavy (non-hydrogen) atoms. The van der Waals surface area contributed by atoms with E-state index in [1.54, 1.807) is 23.4 Å². The number of hydrogen-bond acceptors (Lipinski definition) is 4. The summed E-state index contributed by atoms with van der Waals surface area (Å²) in [6, 6.07) is 8.88. The summed E-state index contributed by atoms with van der Waals surface area (Å²) in [5.41, 5.74) is 1.36. The van der Waals surface area contributed by atoms with Crippen molar-refractivity contribution in [2.75, 3.05) is 6.54 Å². The van der Waals surface area contributed by atoms with E-state index in [1.165, 1.54) is 12.3 Å². The summed E-state index contributed by atoms with van der Waals surface area (Å²) >= 11 is 5.81. The quantitative estimate of drug-likeness (QED) is 0.796. The van der Waals surface area contributed by atoms with Gasteiger partial charge in [0.05, 0.1) is 12.5 Å². The predicted octanol–water partition coefficient (Wildman–Crippen LogP) is 2.69. The van der Waals surface area contributed by atoms with Crippen LogP contribution in [-0.2, 0) is 6.54 Å². The molecule has 0 atom stereocenters. The summed E-state index contributed by atoms with van der Waals surface area (Å²) in [7, 11) is 0. The molecule has 6 heteroatoms. The summed E-state index contributed by atoms with van der Waals surface area (Å²) < 4.78 is 0. The summed E-state index contributed by atoms with van der Waals surface area (Å²) in [5.74, 6) is -0.182. The molecule has 0 saturated carbocycles. The lowest BCUT2D eigenvalue weighted by Crippen LogP contribution is -2.31. The number of amides is 1. The minimum absolute atomic E-state index is 0.182. The van der Waals surface area contributed by atoms with Crippen molar-refractivity contribution in [2.45, 2.75) is 13.0 Å². The molecule has 2 rings (SSSR count). The maximum Gasteiger partial charge on any atom is 0.254 e. The molecular formula is C15H13ClN4O. The Labute approximate surface area is 127 Å². The Balaban J connectivity index is 2.19. The van der Waals surface area contributed by atoms with Gasteiger partial charge in [-0.25, -0.2) is 4.98 Å². The van der Waals surface area contributed by atoms with E-state index in [-0.39, 0.29) is 17.5 Å². The van der Waals surface area contributed by atoms with Crippen LogP contribution in [0.1, 0.15) is 22.3 Å². The van der Waals surface area contributed by atoms with Crippen LogP contribution in [0.15, 0.2) is 42.9 Å². The van der Waals surface area contributed by atoms with E-state index in [2.05, 4.69) is 16.0 Å². The van der Waals surface area contributed by atoms with Gasteiger partial charge >= 0.3 is 0 Å². The smallest absolute Gasteiger partial charge is 0.254 e. The molecule has 0 aliphatic heterocycles. The fourth-order valence-corrected chi connectivity index (χ4v) is 2.04. The summed E-state index contributed by atoms with van der Waals surface area (Å²) in [4.78, 5) is 22.0. The summed E-state index contributed by atoms with van der Waals surface area (Å²) in [5, 5.41) is 9.01. The zero-order valence-corrected chi connectivity index (χ0v) is 12.0. The van der Waals surface area contributed by atoms with E-state index in [0.29, 0.717) is 18.7 Å². The molecule has 0 radical (unpaired) electrons. The van der Waals surface area contributed by atoms with Crippen LogP contribution in [0.25, 0.3) is 0 Å². The van der Waals surface area contributed by atoms with Crippen LogP contribution in [0.2, 0.25) is 5.15 Å². The molecular weight excluding hydrogens is 288 g/mol. The van der Waals surface area contributed by atoms with Crippen LogP contribution in [0.3, 0.4) is 0 Å². The van der Waals surface area contributed by atoms with Crippen molar-refractivity contribution < 1.29 is 4.79 Å². The minimum Gasteiger partial charge on any atom is -0.333 e. The number of rotatable bonds is 5. The van der Waals surface area contributed by atoms with Gasteiger partial charge in [-0.3, -0.25) is 9.78 Å². The number of halogens is 1. The Morgan fingerprint density at radius 2 is 2.24 bits per heavy atom. The first kappa shape index (κ1) is 14.9. The fraction of sp³-hybridized carbons (Fsp3) is 0.200. The molecule has 0 bridgehead atoms. The lowest BCUT2D eigenvalue weighted by Gasteiger charge is -2.21. The van der Waals surface area contributed by atoms with Gasteiger partial charge in [-0.2, -0.15) is 5.26 Å². The highest BCUT2D eigenvalue weighted by Crippen LogP contribution is 2.13. The van der Waals surface area contributed by atoms with E-state index < -0.39 is 0 Å². The average Bonchev–Trinajstić information content (AvgIpc) is 2.51. The molecule has 0 aliphatic rings. The second-order valence-electron chi connectivity index (χ2n) is 4.36. The molecule has 1 amide bonds. The highest BCUT2D eigenvalue weighted by molar-refractivity contribution is 6.29. The topological polar surface area (TPSA) is 69.9 Å². The zero-order valence-electron chi connectivity index (χ0n) is 11.2. The highest BCUT2D eigenvalue weighted by atomic mass is 35.5. The van der Waals surface area contributed by atoms with Gasteiger partial charge in [-0.05, 0) is 23.8 Å². The monoisotopic (exact) mass is 300 g/mol. The van der Waals surface area contributed by atoms with Gasteiger partial charge in [0.2, 0.25) is 0 Å². The molecule has 0 aromatic carbocycles. The van der Waals surface area contributed by atoms with E-state index >= 15 is 0 Å². The molecule has 0 unspecified atom stereocenters. The number of hydrogen-bond donors (Lipinski definition) is 0. The molecule has 2 aromatic rings. The van der Waals surface area contributed by atoms with Crippen LogP contribution in [0.4, 0.5) is 0 Å². The van der Waals surface area contributed by atoms with Crippen LogP contribution in [0.5, 0.6) is 0 Å². The van der Waals surface area contributed by atoms with Crippen LogP contribution >= 0.6 is 11.6 Å². The summed E-state index contributed by atoms with van der Waals surface area (Å²) in [6.07, 6.45) is 5.13. The third kappa shape index (κ3) is 4.26. The molecule has 2 aromatic heterocycles. The number of aromatic nitrogens is 2. The standard InChI is InChI=1S/C15H13ClN4O/c16-14-9-13(4-7-19-14)15(21)20(8-2-5-17)11-12-3-1-6-18-10-12/h1,3-4,6-7,9-10H,2,8,11H2. The van der Waals surface area contributed by atoms with Gasteiger partial charge < -0.3 is 4.90 Å². The first-order valence-corrected chi connectivity index (χ1v) is 6.75. The number of nitrogens with zero attached hydrogens (tertiary/aromatic N) is 4. The molecule has 106 valence electrons. The maximum atomic E-state index is 12.5. The predicted molar refractivity (Wildman–Crippen MR) is 78.5 cm³/mol. The molecule has 0 saturated heterocycles. The Morgan fingerprint density at radius 1 is 1.38 bits per heavy atom. The van der Waals surface area contributed by atoms with Gasteiger partial charge in [0, 0.05) is 37.2 Å². The van der Waals surface area contributed by atoms with E-state index in [1.807, 2.05) is 12.1 Å². The van der Waals surface area contributed by atoms with Crippen LogP contribution in [-0.4, -0.2) is 27.3 Å². The largest absolute Gasteiger partial charge is 0.333 e. The molecule has 2 heterocycles. The lowest BCUT2D eigenvalue weighted by molar-refractivity contribution is 0.0746. The van der Waals surface area contributed by atoms with Crippen molar-refractivity contribution in [1.29, 1.82) is 5.26 Å². The molecule has 0 aliphatic carbocycles. The lowest BCUT2D eigenvalue weighted by atomic mass is 10.2. The SMILES string of the molecule is N#CCCN(Cc1cccnc1)C(=O)c1ccnc(Cl)c1. The second-order valence-corrected chi connectivity index (χ2v) is 4.75. The van der Waals surface area contributed by atoms with Gasteiger partial charge in [0.25, 0.3) is 5.91 Å². The number of pyridine rings is 2. The van der Waals surface area contributed by atoms with Crippen molar-refractivity contribution in [3.05, 3.63) is 59.1 Å². The van der Waals surface area contributed by atoms with Gasteiger partial charge in [0.15, 0.2) is 0 Å². The molecule has 5 nitrogen and oxygen atoms in total. The number of nitriles is 1. The Morgan fingerprint density at radius 3 is 2.90 bits per heavy atom. The van der Waals surface area contributed by atoms with Gasteiger partial charge in [-0.15, -0.1) is 0 Å². The number of carbonyl (C=O) groups is 1. The Kier molecular flexibility index (Phi) is 5.24. The van der Waals surface area contributed by atoms with Crippen molar-refractivity contribution in [3.8, 4) is 6.07 Å². The molecule has 0 fully saturated rings. The highest BCUT2D eigenvalue weighted by Gasteiger charge is 2.16. The van der Waals surface area contributed by atoms with Crippen molar-refractivity contribution in [3.63, 3.8) is 0 Å². The van der Waals surface area contributed by atoms with Crippen LogP contribution < -0.4 is 0 Å². The first-order valence-electron chi connectivity index (χ1n) is 6.37. The normalized spacial score (nSPS) is 9.90. The Hall–Kier alpha value is -2.45. The average molecular weight is 301 g/mol. The third-order valence-corrected chi connectivity index (χ3v) is 3.06. The Bertz CT molecular complexity index is 654. The summed E-state index contributed by atoms with van der Waals surface area (Å²) in [6.45, 7) is 0.748. The maximum absolute atomic E-state index is 12.5. The zero-order chi connectivity index (χ0) is 15.1.